The summed E-state index contributed by atoms with van der Waals surface area (Å²) in [6.07, 6.45) is 3.30. The Hall–Kier alpha value is -3.30. The van der Waals surface area contributed by atoms with Gasteiger partial charge in [0.25, 0.3) is 5.91 Å². The molecule has 0 fully saturated rings. The summed E-state index contributed by atoms with van der Waals surface area (Å²) in [7, 11) is 4.69. The van der Waals surface area contributed by atoms with E-state index in [4.69, 9.17) is 23.9 Å². The Balaban J connectivity index is 1.92. The van der Waals surface area contributed by atoms with Gasteiger partial charge in [0, 0.05) is 19.2 Å². The van der Waals surface area contributed by atoms with Crippen LogP contribution in [0.25, 0.3) is 16.3 Å². The number of carbonyl (C=O) groups excluding carboxylic acids is 1. The standard InChI is InChI=1S/C27H35N3O5S/c1-7-29(8-2)14-15-30(27-28-21-12-11-20(35-9-3)18-24(21)36-27)25(31)13-10-19-16-22(32-4)26(34-6)23(17-19)33-5/h10-13,16-18H,7-9,14-15H2,1-6H3/b13-10+. The molecule has 3 aromatic rings. The van der Waals surface area contributed by atoms with Crippen LogP contribution in [0.15, 0.2) is 36.4 Å². The number of hydrogen-bond donors (Lipinski definition) is 0. The molecule has 0 unspecified atom stereocenters. The number of ether oxygens (including phenoxy) is 4. The van der Waals surface area contributed by atoms with E-state index in [1.54, 1.807) is 50.5 Å². The highest BCUT2D eigenvalue weighted by Crippen LogP contribution is 2.38. The zero-order valence-corrected chi connectivity index (χ0v) is 22.7. The molecule has 0 spiro atoms. The molecule has 0 atom stereocenters. The van der Waals surface area contributed by atoms with Gasteiger partial charge in [0.1, 0.15) is 5.75 Å². The predicted molar refractivity (Wildman–Crippen MR) is 146 cm³/mol. The van der Waals surface area contributed by atoms with Crippen molar-refractivity contribution in [3.63, 3.8) is 0 Å². The van der Waals surface area contributed by atoms with E-state index in [-0.39, 0.29) is 5.91 Å². The van der Waals surface area contributed by atoms with Crippen LogP contribution in [0.5, 0.6) is 23.0 Å². The van der Waals surface area contributed by atoms with Gasteiger partial charge in [-0.25, -0.2) is 4.98 Å². The molecule has 0 aliphatic rings. The number of amides is 1. The normalized spacial score (nSPS) is 11.3. The van der Waals surface area contributed by atoms with Crippen LogP contribution in [0, 0.1) is 0 Å². The fraction of sp³-hybridized carbons (Fsp3) is 0.407. The lowest BCUT2D eigenvalue weighted by molar-refractivity contribution is -0.114. The molecule has 9 heteroatoms. The van der Waals surface area contributed by atoms with Crippen LogP contribution in [0.3, 0.4) is 0 Å². The average Bonchev–Trinajstić information content (AvgIpc) is 3.32. The molecule has 194 valence electrons. The molecule has 0 saturated carbocycles. The summed E-state index contributed by atoms with van der Waals surface area (Å²) in [5.74, 6) is 2.20. The molecule has 1 aromatic heterocycles. The van der Waals surface area contributed by atoms with Crippen LogP contribution in [0.1, 0.15) is 26.3 Å². The van der Waals surface area contributed by atoms with Gasteiger partial charge in [-0.15, -0.1) is 0 Å². The van der Waals surface area contributed by atoms with Gasteiger partial charge >= 0.3 is 0 Å². The zero-order valence-electron chi connectivity index (χ0n) is 21.9. The first-order valence-corrected chi connectivity index (χ1v) is 12.8. The minimum Gasteiger partial charge on any atom is -0.494 e. The number of fused-ring (bicyclic) bond motifs is 1. The third-order valence-electron chi connectivity index (χ3n) is 5.80. The summed E-state index contributed by atoms with van der Waals surface area (Å²) in [6.45, 7) is 9.89. The number of benzene rings is 2. The molecule has 0 saturated heterocycles. The third kappa shape index (κ3) is 6.47. The molecule has 0 aliphatic carbocycles. The Labute approximate surface area is 217 Å². The fourth-order valence-corrected chi connectivity index (χ4v) is 4.83. The van der Waals surface area contributed by atoms with Crippen LogP contribution < -0.4 is 23.8 Å². The minimum atomic E-state index is -0.153. The molecular formula is C27H35N3O5S. The van der Waals surface area contributed by atoms with Crippen molar-refractivity contribution < 1.29 is 23.7 Å². The number of nitrogens with zero attached hydrogens (tertiary/aromatic N) is 3. The molecule has 0 N–H and O–H groups in total. The molecule has 0 bridgehead atoms. The monoisotopic (exact) mass is 513 g/mol. The summed E-state index contributed by atoms with van der Waals surface area (Å²) >= 11 is 1.48. The largest absolute Gasteiger partial charge is 0.494 e. The second kappa shape index (κ2) is 13.1. The Morgan fingerprint density at radius 3 is 2.25 bits per heavy atom. The molecular weight excluding hydrogens is 478 g/mol. The highest BCUT2D eigenvalue weighted by molar-refractivity contribution is 7.22. The van der Waals surface area contributed by atoms with Crippen molar-refractivity contribution >= 4 is 38.7 Å². The molecule has 3 rings (SSSR count). The smallest absolute Gasteiger partial charge is 0.252 e. The van der Waals surface area contributed by atoms with Crippen molar-refractivity contribution in [3.8, 4) is 23.0 Å². The topological polar surface area (TPSA) is 73.4 Å². The van der Waals surface area contributed by atoms with Gasteiger partial charge in [0.2, 0.25) is 5.75 Å². The van der Waals surface area contributed by atoms with Gasteiger partial charge in [0.15, 0.2) is 16.6 Å². The third-order valence-corrected chi connectivity index (χ3v) is 6.84. The number of anilines is 1. The van der Waals surface area contributed by atoms with E-state index in [0.717, 1.165) is 41.2 Å². The number of hydrogen-bond acceptors (Lipinski definition) is 8. The summed E-state index contributed by atoms with van der Waals surface area (Å²) in [4.78, 5) is 22.2. The molecule has 2 aromatic carbocycles. The van der Waals surface area contributed by atoms with Crippen molar-refractivity contribution in [2.45, 2.75) is 20.8 Å². The van der Waals surface area contributed by atoms with Gasteiger partial charge < -0.3 is 23.8 Å². The number of methoxy groups -OCH3 is 3. The van der Waals surface area contributed by atoms with E-state index in [0.29, 0.717) is 35.5 Å². The fourth-order valence-electron chi connectivity index (χ4n) is 3.80. The Bertz CT molecular complexity index is 1160. The van der Waals surface area contributed by atoms with E-state index in [1.807, 2.05) is 25.1 Å². The van der Waals surface area contributed by atoms with E-state index >= 15 is 0 Å². The van der Waals surface area contributed by atoms with E-state index < -0.39 is 0 Å². The highest BCUT2D eigenvalue weighted by Gasteiger charge is 2.19. The van der Waals surface area contributed by atoms with Crippen LogP contribution in [0.4, 0.5) is 5.13 Å². The van der Waals surface area contributed by atoms with Crippen molar-refractivity contribution in [1.82, 2.24) is 9.88 Å². The number of aromatic nitrogens is 1. The van der Waals surface area contributed by atoms with Crippen molar-refractivity contribution in [3.05, 3.63) is 42.0 Å². The summed E-state index contributed by atoms with van der Waals surface area (Å²) < 4.78 is 22.9. The number of rotatable bonds is 13. The first-order chi connectivity index (χ1) is 17.5. The van der Waals surface area contributed by atoms with Gasteiger partial charge in [-0.3, -0.25) is 9.69 Å². The first-order valence-electron chi connectivity index (χ1n) is 12.0. The lowest BCUT2D eigenvalue weighted by Gasteiger charge is -2.23. The molecule has 8 nitrogen and oxygen atoms in total. The Kier molecular flexibility index (Phi) is 9.95. The number of thiazole rings is 1. The van der Waals surface area contributed by atoms with Gasteiger partial charge in [-0.2, -0.15) is 0 Å². The van der Waals surface area contributed by atoms with E-state index in [1.165, 1.54) is 11.3 Å². The Morgan fingerprint density at radius 1 is 0.972 bits per heavy atom. The van der Waals surface area contributed by atoms with Crippen molar-refractivity contribution in [2.75, 3.05) is 59.0 Å². The van der Waals surface area contributed by atoms with E-state index in [9.17, 15) is 4.79 Å². The van der Waals surface area contributed by atoms with Crippen LogP contribution in [-0.4, -0.2) is 69.9 Å². The zero-order chi connectivity index (χ0) is 26.1. The number of likely N-dealkylation sites (N-methyl/N-ethyl adjacent to an activating group) is 1. The second-order valence-electron chi connectivity index (χ2n) is 7.87. The molecule has 1 amide bonds. The minimum absolute atomic E-state index is 0.153. The average molecular weight is 514 g/mol. The van der Waals surface area contributed by atoms with Crippen LogP contribution >= 0.6 is 11.3 Å². The first kappa shape index (κ1) is 27.3. The molecule has 0 radical (unpaired) electrons. The van der Waals surface area contributed by atoms with Gasteiger partial charge in [-0.05, 0) is 62.0 Å². The predicted octanol–water partition coefficient (Wildman–Crippen LogP) is 5.11. The maximum Gasteiger partial charge on any atom is 0.252 e. The van der Waals surface area contributed by atoms with Crippen LogP contribution in [-0.2, 0) is 4.79 Å². The van der Waals surface area contributed by atoms with Gasteiger partial charge in [0.05, 0.1) is 38.2 Å². The summed E-state index contributed by atoms with van der Waals surface area (Å²) in [6, 6.07) is 9.41. The van der Waals surface area contributed by atoms with Gasteiger partial charge in [-0.1, -0.05) is 25.2 Å². The maximum atomic E-state index is 13.5. The second-order valence-corrected chi connectivity index (χ2v) is 8.88. The van der Waals surface area contributed by atoms with E-state index in [2.05, 4.69) is 18.7 Å². The summed E-state index contributed by atoms with van der Waals surface area (Å²) in [5, 5.41) is 0.658. The lowest BCUT2D eigenvalue weighted by atomic mass is 10.1. The maximum absolute atomic E-state index is 13.5. The lowest BCUT2D eigenvalue weighted by Crippen LogP contribution is -2.38. The van der Waals surface area contributed by atoms with Crippen molar-refractivity contribution in [2.24, 2.45) is 0 Å². The SMILES string of the molecule is CCOc1ccc2nc(N(CCN(CC)CC)C(=O)/C=C/c3cc(OC)c(OC)c(OC)c3)sc2c1. The molecule has 36 heavy (non-hydrogen) atoms. The molecule has 1 heterocycles. The summed E-state index contributed by atoms with van der Waals surface area (Å²) in [5.41, 5.74) is 1.60. The van der Waals surface area contributed by atoms with Crippen LogP contribution in [0.2, 0.25) is 0 Å². The Morgan fingerprint density at radius 2 is 1.67 bits per heavy atom. The quantitative estimate of drug-likeness (QED) is 0.294. The molecule has 0 aliphatic heterocycles. The number of carbonyl (C=O) groups is 1. The van der Waals surface area contributed by atoms with Crippen molar-refractivity contribution in [1.29, 1.82) is 0 Å². The highest BCUT2D eigenvalue weighted by atomic mass is 32.1.